The van der Waals surface area contributed by atoms with E-state index in [0.29, 0.717) is 25.8 Å². The first-order valence-corrected chi connectivity index (χ1v) is 9.77. The smallest absolute Gasteiger partial charge is 0.231 e. The molecule has 27 heavy (non-hydrogen) atoms. The topological polar surface area (TPSA) is 56.6 Å². The molecule has 2 fully saturated rings. The molecule has 0 N–H and O–H groups in total. The molecule has 6 heteroatoms. The first-order valence-electron chi connectivity index (χ1n) is 9.77. The second-order valence-corrected chi connectivity index (χ2v) is 8.45. The third-order valence-electron chi connectivity index (χ3n) is 5.97. The zero-order valence-electron chi connectivity index (χ0n) is 15.7. The van der Waals surface area contributed by atoms with E-state index in [0.717, 1.165) is 36.6 Å². The van der Waals surface area contributed by atoms with Crippen molar-refractivity contribution in [3.8, 4) is 11.5 Å². The van der Waals surface area contributed by atoms with Crippen LogP contribution in [0.2, 0.25) is 0 Å². The molecule has 0 radical (unpaired) electrons. The third kappa shape index (κ3) is 3.29. The molecule has 3 heterocycles. The minimum absolute atomic E-state index is 0.0615. The maximum Gasteiger partial charge on any atom is 0.231 e. The lowest BCUT2D eigenvalue weighted by Crippen LogP contribution is -2.45. The number of hydrogen-bond donors (Lipinski definition) is 0. The fraction of sp³-hybridized carbons (Fsp3) is 0.524. The highest BCUT2D eigenvalue weighted by Crippen LogP contribution is 2.39. The van der Waals surface area contributed by atoms with Crippen molar-refractivity contribution in [3.63, 3.8) is 0 Å². The van der Waals surface area contributed by atoms with Gasteiger partial charge in [-0.25, -0.2) is 4.98 Å². The monoisotopic (exact) mass is 367 g/mol. The lowest BCUT2D eigenvalue weighted by molar-refractivity contribution is -0.138. The van der Waals surface area contributed by atoms with Crippen molar-refractivity contribution >= 4 is 5.91 Å². The quantitative estimate of drug-likeness (QED) is 0.813. The first-order chi connectivity index (χ1) is 13.1. The molecule has 1 aromatic carbocycles. The fourth-order valence-electron chi connectivity index (χ4n) is 4.36. The van der Waals surface area contributed by atoms with E-state index in [2.05, 4.69) is 28.6 Å². The van der Waals surface area contributed by atoms with Gasteiger partial charge in [-0.15, -0.1) is 0 Å². The van der Waals surface area contributed by atoms with Gasteiger partial charge < -0.3 is 18.9 Å². The molecule has 2 aromatic rings. The van der Waals surface area contributed by atoms with E-state index in [1.165, 1.54) is 18.4 Å². The van der Waals surface area contributed by atoms with Gasteiger partial charge in [0.25, 0.3) is 0 Å². The summed E-state index contributed by atoms with van der Waals surface area (Å²) in [4.78, 5) is 18.9. The molecule has 1 aromatic heterocycles. The Kier molecular flexibility index (Phi) is 3.88. The van der Waals surface area contributed by atoms with Gasteiger partial charge in [0.2, 0.25) is 12.7 Å². The Balaban J connectivity index is 1.31. The highest BCUT2D eigenvalue weighted by molar-refractivity contribution is 5.77. The van der Waals surface area contributed by atoms with Crippen molar-refractivity contribution in [1.82, 2.24) is 14.5 Å². The molecule has 0 bridgehead atoms. The molecule has 1 saturated carbocycles. The van der Waals surface area contributed by atoms with Crippen LogP contribution in [0.1, 0.15) is 49.9 Å². The van der Waals surface area contributed by atoms with E-state index in [1.807, 2.05) is 23.5 Å². The van der Waals surface area contributed by atoms with E-state index >= 15 is 0 Å². The van der Waals surface area contributed by atoms with Gasteiger partial charge in [0.1, 0.15) is 0 Å². The van der Waals surface area contributed by atoms with Crippen LogP contribution in [0.15, 0.2) is 30.7 Å². The Labute approximate surface area is 159 Å². The van der Waals surface area contributed by atoms with E-state index in [1.54, 1.807) is 0 Å². The Hall–Kier alpha value is -2.50. The molecular weight excluding hydrogens is 342 g/mol. The van der Waals surface area contributed by atoms with Crippen LogP contribution in [-0.2, 0) is 17.8 Å². The molecule has 1 saturated heterocycles. The van der Waals surface area contributed by atoms with Gasteiger partial charge in [-0.3, -0.25) is 4.79 Å². The predicted molar refractivity (Wildman–Crippen MR) is 99.5 cm³/mol. The Bertz CT molecular complexity index is 873. The van der Waals surface area contributed by atoms with E-state index in [9.17, 15) is 4.79 Å². The number of imidazole rings is 1. The van der Waals surface area contributed by atoms with Gasteiger partial charge in [-0.2, -0.15) is 0 Å². The predicted octanol–water partition coefficient (Wildman–Crippen LogP) is 3.32. The molecule has 3 aliphatic rings. The van der Waals surface area contributed by atoms with E-state index in [4.69, 9.17) is 9.47 Å². The number of piperidine rings is 1. The minimum Gasteiger partial charge on any atom is -0.454 e. The summed E-state index contributed by atoms with van der Waals surface area (Å²) in [6, 6.07) is 6.77. The molecular formula is C21H25N3O3. The maximum atomic E-state index is 12.6. The summed E-state index contributed by atoms with van der Waals surface area (Å²) in [6.07, 6.45) is 8.72. The molecule has 1 aliphatic carbocycles. The zero-order chi connectivity index (χ0) is 18.4. The highest BCUT2D eigenvalue weighted by atomic mass is 16.7. The van der Waals surface area contributed by atoms with Gasteiger partial charge in [0.15, 0.2) is 11.5 Å². The molecule has 6 nitrogen and oxygen atoms in total. The minimum atomic E-state index is 0.0615. The average Bonchev–Trinajstić information content (AvgIpc) is 3.20. The fourth-order valence-corrected chi connectivity index (χ4v) is 4.36. The summed E-state index contributed by atoms with van der Waals surface area (Å²) in [5.74, 6) is 1.90. The normalized spacial score (nSPS) is 24.5. The average molecular weight is 367 g/mol. The standard InChI is InChI=1S/C21H25N3O3/c1-21(9-15-2-5-18-19(8-15)27-14-26-18)7-6-20(25)23(12-21)11-17-10-22-13-24(17)16-3-4-16/h2,5,8,10,13,16H,3-4,6-7,9,11-12,14H2,1H3. The van der Waals surface area contributed by atoms with Crippen LogP contribution in [0.25, 0.3) is 0 Å². The molecule has 5 rings (SSSR count). The van der Waals surface area contributed by atoms with Gasteiger partial charge in [-0.1, -0.05) is 13.0 Å². The number of rotatable bonds is 5. The number of ether oxygens (including phenoxy) is 2. The van der Waals surface area contributed by atoms with Gasteiger partial charge in [-0.05, 0) is 48.8 Å². The molecule has 1 atom stereocenters. The summed E-state index contributed by atoms with van der Waals surface area (Å²) in [7, 11) is 0. The van der Waals surface area contributed by atoms with E-state index in [-0.39, 0.29) is 11.3 Å². The number of hydrogen-bond acceptors (Lipinski definition) is 4. The number of carbonyl (C=O) groups excluding carboxylic acids is 1. The van der Waals surface area contributed by atoms with Gasteiger partial charge >= 0.3 is 0 Å². The number of amides is 1. The molecule has 2 aliphatic heterocycles. The van der Waals surface area contributed by atoms with Crippen LogP contribution < -0.4 is 9.47 Å². The Morgan fingerprint density at radius 1 is 1.26 bits per heavy atom. The molecule has 1 unspecified atom stereocenters. The van der Waals surface area contributed by atoms with Crippen LogP contribution in [0.5, 0.6) is 11.5 Å². The summed E-state index contributed by atoms with van der Waals surface area (Å²) in [5.41, 5.74) is 2.45. The Morgan fingerprint density at radius 2 is 2.11 bits per heavy atom. The number of nitrogens with zero attached hydrogens (tertiary/aromatic N) is 3. The summed E-state index contributed by atoms with van der Waals surface area (Å²) < 4.78 is 13.2. The third-order valence-corrected chi connectivity index (χ3v) is 5.97. The number of benzene rings is 1. The first kappa shape index (κ1) is 16.7. The molecule has 0 spiro atoms. The second kappa shape index (κ2) is 6.29. The van der Waals surface area contributed by atoms with Crippen molar-refractivity contribution in [2.45, 2.75) is 51.6 Å². The van der Waals surface area contributed by atoms with Gasteiger partial charge in [0.05, 0.1) is 18.6 Å². The number of aromatic nitrogens is 2. The highest BCUT2D eigenvalue weighted by Gasteiger charge is 2.36. The Morgan fingerprint density at radius 3 is 2.96 bits per heavy atom. The lowest BCUT2D eigenvalue weighted by atomic mass is 9.76. The van der Waals surface area contributed by atoms with Crippen molar-refractivity contribution in [1.29, 1.82) is 0 Å². The second-order valence-electron chi connectivity index (χ2n) is 8.45. The van der Waals surface area contributed by atoms with Crippen LogP contribution in [0, 0.1) is 5.41 Å². The largest absolute Gasteiger partial charge is 0.454 e. The summed E-state index contributed by atoms with van der Waals surface area (Å²) in [5, 5.41) is 0. The van der Waals surface area contributed by atoms with Crippen molar-refractivity contribution in [3.05, 3.63) is 42.0 Å². The summed E-state index contributed by atoms with van der Waals surface area (Å²) in [6.45, 7) is 4.02. The van der Waals surface area contributed by atoms with Crippen LogP contribution in [-0.4, -0.2) is 33.7 Å². The number of fused-ring (bicyclic) bond motifs is 1. The van der Waals surface area contributed by atoms with E-state index < -0.39 is 0 Å². The molecule has 1 amide bonds. The SMILES string of the molecule is CC1(Cc2ccc3c(c2)OCO3)CCC(=O)N(Cc2cncn2C2CC2)C1. The maximum absolute atomic E-state index is 12.6. The zero-order valence-corrected chi connectivity index (χ0v) is 15.7. The number of likely N-dealkylation sites (tertiary alicyclic amines) is 1. The summed E-state index contributed by atoms with van der Waals surface area (Å²) >= 11 is 0. The van der Waals surface area contributed by atoms with Gasteiger partial charge in [0, 0.05) is 25.2 Å². The molecule has 142 valence electrons. The van der Waals surface area contributed by atoms with Crippen molar-refractivity contribution in [2.24, 2.45) is 5.41 Å². The van der Waals surface area contributed by atoms with Crippen LogP contribution >= 0.6 is 0 Å². The van der Waals surface area contributed by atoms with Crippen LogP contribution in [0.4, 0.5) is 0 Å². The van der Waals surface area contributed by atoms with Crippen LogP contribution in [0.3, 0.4) is 0 Å². The van der Waals surface area contributed by atoms with Crippen molar-refractivity contribution < 1.29 is 14.3 Å². The number of carbonyl (C=O) groups is 1. The van der Waals surface area contributed by atoms with Crippen molar-refractivity contribution in [2.75, 3.05) is 13.3 Å². The lowest BCUT2D eigenvalue weighted by Gasteiger charge is -2.40.